The van der Waals surface area contributed by atoms with Crippen LogP contribution in [0.1, 0.15) is 12.1 Å². The molecule has 18 heavy (non-hydrogen) atoms. The maximum atomic E-state index is 13.1. The van der Waals surface area contributed by atoms with Crippen molar-refractivity contribution in [1.82, 2.24) is 4.98 Å². The van der Waals surface area contributed by atoms with Crippen molar-refractivity contribution in [3.05, 3.63) is 42.0 Å². The molecule has 3 nitrogen and oxygen atoms in total. The summed E-state index contributed by atoms with van der Waals surface area (Å²) in [7, 11) is 0. The lowest BCUT2D eigenvalue weighted by Gasteiger charge is -1.96. The van der Waals surface area contributed by atoms with Gasteiger partial charge in [-0.15, -0.1) is 0 Å². The van der Waals surface area contributed by atoms with Crippen molar-refractivity contribution in [2.24, 2.45) is 5.73 Å². The Labute approximate surface area is 110 Å². The van der Waals surface area contributed by atoms with E-state index in [0.29, 0.717) is 18.0 Å². The molecular weight excluding hydrogens is 251 g/mol. The minimum absolute atomic E-state index is 0.287. The number of nitrogens with two attached hydrogens (primary N) is 1. The average molecular weight is 266 g/mol. The van der Waals surface area contributed by atoms with Crippen molar-refractivity contribution in [3.8, 4) is 11.5 Å². The van der Waals surface area contributed by atoms with Crippen LogP contribution < -0.4 is 5.73 Å². The third-order valence-corrected chi connectivity index (χ3v) is 3.44. The SMILES string of the molecule is NCCCSCc1coc(-c2cccc(F)c2)n1. The van der Waals surface area contributed by atoms with E-state index >= 15 is 0 Å². The smallest absolute Gasteiger partial charge is 0.226 e. The molecule has 0 amide bonds. The van der Waals surface area contributed by atoms with Gasteiger partial charge in [-0.1, -0.05) is 6.07 Å². The van der Waals surface area contributed by atoms with Crippen LogP contribution >= 0.6 is 11.8 Å². The highest BCUT2D eigenvalue weighted by Crippen LogP contribution is 2.21. The molecule has 0 aliphatic carbocycles. The van der Waals surface area contributed by atoms with Gasteiger partial charge in [-0.25, -0.2) is 9.37 Å². The topological polar surface area (TPSA) is 52.0 Å². The minimum atomic E-state index is -0.287. The van der Waals surface area contributed by atoms with E-state index < -0.39 is 0 Å². The van der Waals surface area contributed by atoms with Crippen LogP contribution in [0.4, 0.5) is 4.39 Å². The Morgan fingerprint density at radius 1 is 1.39 bits per heavy atom. The highest BCUT2D eigenvalue weighted by atomic mass is 32.2. The number of benzene rings is 1. The lowest BCUT2D eigenvalue weighted by atomic mass is 10.2. The molecule has 0 atom stereocenters. The molecule has 2 aromatic rings. The predicted molar refractivity (Wildman–Crippen MR) is 71.7 cm³/mol. The third kappa shape index (κ3) is 3.58. The van der Waals surface area contributed by atoms with Crippen LogP contribution in [0.2, 0.25) is 0 Å². The monoisotopic (exact) mass is 266 g/mol. The van der Waals surface area contributed by atoms with Gasteiger partial charge in [0.25, 0.3) is 0 Å². The summed E-state index contributed by atoms with van der Waals surface area (Å²) >= 11 is 1.77. The van der Waals surface area contributed by atoms with Gasteiger partial charge in [0.1, 0.15) is 12.1 Å². The van der Waals surface area contributed by atoms with E-state index in [-0.39, 0.29) is 5.82 Å². The number of hydrogen-bond acceptors (Lipinski definition) is 4. The molecule has 96 valence electrons. The van der Waals surface area contributed by atoms with Crippen molar-refractivity contribution in [3.63, 3.8) is 0 Å². The van der Waals surface area contributed by atoms with Gasteiger partial charge in [-0.3, -0.25) is 0 Å². The molecule has 0 spiro atoms. The fourth-order valence-corrected chi connectivity index (χ4v) is 2.35. The summed E-state index contributed by atoms with van der Waals surface area (Å²) in [6, 6.07) is 6.23. The number of thioether (sulfide) groups is 1. The summed E-state index contributed by atoms with van der Waals surface area (Å²) in [5.41, 5.74) is 6.95. The molecule has 0 unspecified atom stereocenters. The maximum absolute atomic E-state index is 13.1. The first kappa shape index (κ1) is 13.1. The Hall–Kier alpha value is -1.33. The van der Waals surface area contributed by atoms with Gasteiger partial charge in [0.05, 0.1) is 5.69 Å². The quantitative estimate of drug-likeness (QED) is 0.816. The number of rotatable bonds is 6. The summed E-state index contributed by atoms with van der Waals surface area (Å²) in [5.74, 6) is 1.98. The van der Waals surface area contributed by atoms with E-state index in [2.05, 4.69) is 4.98 Å². The van der Waals surface area contributed by atoms with Crippen LogP contribution in [0.3, 0.4) is 0 Å². The van der Waals surface area contributed by atoms with Gasteiger partial charge in [0.2, 0.25) is 5.89 Å². The zero-order chi connectivity index (χ0) is 12.8. The van der Waals surface area contributed by atoms with Gasteiger partial charge in [-0.2, -0.15) is 11.8 Å². The van der Waals surface area contributed by atoms with Gasteiger partial charge >= 0.3 is 0 Å². The standard InChI is InChI=1S/C13H15FN2OS/c14-11-4-1-3-10(7-11)13-16-12(8-17-13)9-18-6-2-5-15/h1,3-4,7-8H,2,5-6,9,15H2. The van der Waals surface area contributed by atoms with Crippen molar-refractivity contribution in [2.45, 2.75) is 12.2 Å². The van der Waals surface area contributed by atoms with Crippen LogP contribution in [0.5, 0.6) is 0 Å². The second-order valence-corrected chi connectivity index (χ2v) is 4.95. The molecule has 1 aromatic heterocycles. The number of halogens is 1. The maximum Gasteiger partial charge on any atom is 0.226 e. The molecule has 0 aliphatic heterocycles. The molecule has 0 fully saturated rings. The molecular formula is C13H15FN2OS. The zero-order valence-electron chi connectivity index (χ0n) is 9.93. The summed E-state index contributed by atoms with van der Waals surface area (Å²) in [6.45, 7) is 0.709. The van der Waals surface area contributed by atoms with Crippen molar-refractivity contribution < 1.29 is 8.81 Å². The highest BCUT2D eigenvalue weighted by molar-refractivity contribution is 7.98. The molecule has 0 bridgehead atoms. The third-order valence-electron chi connectivity index (χ3n) is 2.37. The second-order valence-electron chi connectivity index (χ2n) is 3.85. The van der Waals surface area contributed by atoms with Gasteiger partial charge in [0, 0.05) is 11.3 Å². The van der Waals surface area contributed by atoms with Crippen LogP contribution in [-0.2, 0) is 5.75 Å². The molecule has 0 saturated carbocycles. The summed E-state index contributed by atoms with van der Waals surface area (Å²) in [4.78, 5) is 4.33. The molecule has 0 saturated heterocycles. The van der Waals surface area contributed by atoms with Crippen LogP contribution in [0, 0.1) is 5.82 Å². The highest BCUT2D eigenvalue weighted by Gasteiger charge is 2.07. The van der Waals surface area contributed by atoms with E-state index in [4.69, 9.17) is 10.2 Å². The number of aromatic nitrogens is 1. The fourth-order valence-electron chi connectivity index (χ4n) is 1.49. The molecule has 2 N–H and O–H groups in total. The molecule has 1 heterocycles. The lowest BCUT2D eigenvalue weighted by molar-refractivity contribution is 0.571. The van der Waals surface area contributed by atoms with E-state index in [9.17, 15) is 4.39 Å². The number of hydrogen-bond donors (Lipinski definition) is 1. The molecule has 2 rings (SSSR count). The summed E-state index contributed by atoms with van der Waals surface area (Å²) in [6.07, 6.45) is 2.62. The van der Waals surface area contributed by atoms with Gasteiger partial charge in [-0.05, 0) is 36.9 Å². The first-order chi connectivity index (χ1) is 8.79. The van der Waals surface area contributed by atoms with E-state index in [1.54, 1.807) is 30.2 Å². The molecule has 0 aliphatic rings. The minimum Gasteiger partial charge on any atom is -0.444 e. The van der Waals surface area contributed by atoms with Crippen molar-refractivity contribution in [1.29, 1.82) is 0 Å². The fraction of sp³-hybridized carbons (Fsp3) is 0.308. The Balaban J connectivity index is 1.97. The normalized spacial score (nSPS) is 10.8. The zero-order valence-corrected chi connectivity index (χ0v) is 10.8. The Bertz CT molecular complexity index is 501. The summed E-state index contributed by atoms with van der Waals surface area (Å²) in [5, 5.41) is 0. The Kier molecular flexibility index (Phi) is 4.78. The van der Waals surface area contributed by atoms with E-state index in [0.717, 1.165) is 23.6 Å². The van der Waals surface area contributed by atoms with E-state index in [1.165, 1.54) is 12.1 Å². The van der Waals surface area contributed by atoms with Crippen LogP contribution in [-0.4, -0.2) is 17.3 Å². The first-order valence-electron chi connectivity index (χ1n) is 5.78. The Morgan fingerprint density at radius 3 is 3.06 bits per heavy atom. The average Bonchev–Trinajstić information content (AvgIpc) is 2.83. The Morgan fingerprint density at radius 2 is 2.28 bits per heavy atom. The van der Waals surface area contributed by atoms with Gasteiger partial charge < -0.3 is 10.2 Å². The van der Waals surface area contributed by atoms with Crippen molar-refractivity contribution in [2.75, 3.05) is 12.3 Å². The number of nitrogens with zero attached hydrogens (tertiary/aromatic N) is 1. The molecule has 5 heteroatoms. The largest absolute Gasteiger partial charge is 0.444 e. The van der Waals surface area contributed by atoms with Crippen molar-refractivity contribution >= 4 is 11.8 Å². The summed E-state index contributed by atoms with van der Waals surface area (Å²) < 4.78 is 18.4. The molecule has 0 radical (unpaired) electrons. The van der Waals surface area contributed by atoms with Crippen LogP contribution in [0.15, 0.2) is 34.9 Å². The molecule has 1 aromatic carbocycles. The predicted octanol–water partition coefficient (Wildman–Crippen LogP) is 3.06. The second kappa shape index (κ2) is 6.56. The lowest BCUT2D eigenvalue weighted by Crippen LogP contribution is -1.99. The first-order valence-corrected chi connectivity index (χ1v) is 6.93. The van der Waals surface area contributed by atoms with Gasteiger partial charge in [0.15, 0.2) is 0 Å². The van der Waals surface area contributed by atoms with E-state index in [1.807, 2.05) is 0 Å². The number of oxazole rings is 1. The van der Waals surface area contributed by atoms with Crippen LogP contribution in [0.25, 0.3) is 11.5 Å².